The molecule has 180 valence electrons. The molecule has 0 amide bonds. The van der Waals surface area contributed by atoms with Gasteiger partial charge in [0, 0.05) is 36.5 Å². The van der Waals surface area contributed by atoms with Crippen molar-refractivity contribution in [2.45, 2.75) is 32.2 Å². The Hall–Kier alpha value is -3.95. The molecule has 3 aromatic rings. The molecule has 10 nitrogen and oxygen atoms in total. The molecule has 0 saturated carbocycles. The predicted molar refractivity (Wildman–Crippen MR) is 122 cm³/mol. The number of aryl methyl sites for hydroxylation is 2. The maximum absolute atomic E-state index is 13.6. The van der Waals surface area contributed by atoms with Crippen LogP contribution >= 0.6 is 0 Å². The summed E-state index contributed by atoms with van der Waals surface area (Å²) in [4.78, 5) is 33.0. The average molecular weight is 469 g/mol. The van der Waals surface area contributed by atoms with E-state index in [1.807, 2.05) is 0 Å². The SMILES string of the molecule is COC(=O)CC(c1cc(OC)c2c(c1)OCCO2)c1c(O)cc(C)n(CCc2cnc[nH]2)c1=O. The van der Waals surface area contributed by atoms with E-state index in [0.717, 1.165) is 5.69 Å². The lowest BCUT2D eigenvalue weighted by atomic mass is 9.87. The number of rotatable bonds is 8. The van der Waals surface area contributed by atoms with Crippen LogP contribution in [-0.2, 0) is 22.5 Å². The van der Waals surface area contributed by atoms with E-state index in [2.05, 4.69) is 9.97 Å². The molecule has 3 heterocycles. The van der Waals surface area contributed by atoms with Gasteiger partial charge >= 0.3 is 5.97 Å². The number of hydrogen-bond donors (Lipinski definition) is 2. The summed E-state index contributed by atoms with van der Waals surface area (Å²) in [5, 5.41) is 10.9. The number of aromatic hydroxyl groups is 1. The van der Waals surface area contributed by atoms with Crippen LogP contribution in [0.25, 0.3) is 0 Å². The molecule has 0 spiro atoms. The van der Waals surface area contributed by atoms with Crippen molar-refractivity contribution in [3.8, 4) is 23.0 Å². The number of ether oxygens (including phenoxy) is 4. The van der Waals surface area contributed by atoms with Crippen molar-refractivity contribution in [3.63, 3.8) is 0 Å². The summed E-state index contributed by atoms with van der Waals surface area (Å²) in [7, 11) is 2.78. The summed E-state index contributed by atoms with van der Waals surface area (Å²) in [6.45, 7) is 2.86. The van der Waals surface area contributed by atoms with Gasteiger partial charge in [0.15, 0.2) is 11.5 Å². The van der Waals surface area contributed by atoms with Gasteiger partial charge < -0.3 is 33.6 Å². The van der Waals surface area contributed by atoms with Crippen LogP contribution in [0.3, 0.4) is 0 Å². The predicted octanol–water partition coefficient (Wildman–Crippen LogP) is 2.30. The number of nitrogens with zero attached hydrogens (tertiary/aromatic N) is 2. The van der Waals surface area contributed by atoms with Gasteiger partial charge in [-0.05, 0) is 30.7 Å². The van der Waals surface area contributed by atoms with E-state index in [4.69, 9.17) is 18.9 Å². The van der Waals surface area contributed by atoms with Crippen molar-refractivity contribution in [1.29, 1.82) is 0 Å². The highest BCUT2D eigenvalue weighted by Gasteiger charge is 2.29. The van der Waals surface area contributed by atoms with Crippen LogP contribution in [-0.4, -0.2) is 53.0 Å². The smallest absolute Gasteiger partial charge is 0.306 e. The van der Waals surface area contributed by atoms with E-state index in [1.54, 1.807) is 36.1 Å². The zero-order valence-corrected chi connectivity index (χ0v) is 19.3. The largest absolute Gasteiger partial charge is 0.507 e. The number of fused-ring (bicyclic) bond motifs is 1. The Kier molecular flexibility index (Phi) is 6.76. The van der Waals surface area contributed by atoms with E-state index in [-0.39, 0.29) is 23.3 Å². The third-order valence-electron chi connectivity index (χ3n) is 5.88. The number of carbonyl (C=O) groups is 1. The molecule has 1 aliphatic heterocycles. The summed E-state index contributed by atoms with van der Waals surface area (Å²) in [5.74, 6) is -0.205. The number of aromatic amines is 1. The summed E-state index contributed by atoms with van der Waals surface area (Å²) in [5.41, 5.74) is 1.74. The van der Waals surface area contributed by atoms with E-state index in [1.165, 1.54) is 20.3 Å². The second-order valence-corrected chi connectivity index (χ2v) is 7.95. The van der Waals surface area contributed by atoms with E-state index < -0.39 is 11.9 Å². The van der Waals surface area contributed by atoms with Crippen molar-refractivity contribution in [2.24, 2.45) is 0 Å². The lowest BCUT2D eigenvalue weighted by Crippen LogP contribution is -2.29. The van der Waals surface area contributed by atoms with Crippen molar-refractivity contribution < 1.29 is 28.8 Å². The van der Waals surface area contributed by atoms with Gasteiger partial charge in [0.25, 0.3) is 5.56 Å². The molecule has 0 radical (unpaired) electrons. The number of pyridine rings is 1. The van der Waals surface area contributed by atoms with Crippen molar-refractivity contribution in [3.05, 3.63) is 63.6 Å². The van der Waals surface area contributed by atoms with E-state index in [9.17, 15) is 14.7 Å². The number of esters is 1. The number of H-pyrrole nitrogens is 1. The Morgan fingerprint density at radius 2 is 2.06 bits per heavy atom. The average Bonchev–Trinajstić information content (AvgIpc) is 3.35. The fraction of sp³-hybridized carbons (Fsp3) is 0.375. The van der Waals surface area contributed by atoms with Crippen LogP contribution < -0.4 is 19.8 Å². The number of benzene rings is 1. The third kappa shape index (κ3) is 4.57. The summed E-state index contributed by atoms with van der Waals surface area (Å²) >= 11 is 0. The maximum Gasteiger partial charge on any atom is 0.306 e. The molecule has 34 heavy (non-hydrogen) atoms. The minimum absolute atomic E-state index is 0.0966. The Bertz CT molecular complexity index is 1220. The zero-order valence-electron chi connectivity index (χ0n) is 19.3. The number of carbonyl (C=O) groups excluding carboxylic acids is 1. The van der Waals surface area contributed by atoms with Crippen molar-refractivity contribution >= 4 is 5.97 Å². The first-order chi connectivity index (χ1) is 16.4. The number of aromatic nitrogens is 3. The number of nitrogens with one attached hydrogen (secondary N) is 1. The Labute approximate surface area is 196 Å². The number of hydrogen-bond acceptors (Lipinski definition) is 8. The van der Waals surface area contributed by atoms with Gasteiger partial charge in [0.1, 0.15) is 19.0 Å². The highest BCUT2D eigenvalue weighted by Crippen LogP contribution is 2.44. The van der Waals surface area contributed by atoms with Crippen LogP contribution in [0.2, 0.25) is 0 Å². The topological polar surface area (TPSA) is 125 Å². The normalized spacial score (nSPS) is 13.4. The molecule has 0 bridgehead atoms. The summed E-state index contributed by atoms with van der Waals surface area (Å²) < 4.78 is 23.4. The second-order valence-electron chi connectivity index (χ2n) is 7.95. The van der Waals surface area contributed by atoms with Crippen LogP contribution in [0.1, 0.15) is 34.9 Å². The van der Waals surface area contributed by atoms with Crippen molar-refractivity contribution in [2.75, 3.05) is 27.4 Å². The van der Waals surface area contributed by atoms with Gasteiger partial charge in [-0.15, -0.1) is 0 Å². The maximum atomic E-state index is 13.6. The van der Waals surface area contributed by atoms with Gasteiger partial charge in [-0.25, -0.2) is 4.98 Å². The molecule has 0 saturated heterocycles. The Morgan fingerprint density at radius 3 is 2.76 bits per heavy atom. The molecular formula is C24H27N3O7. The lowest BCUT2D eigenvalue weighted by molar-refractivity contribution is -0.140. The minimum Gasteiger partial charge on any atom is -0.507 e. The Morgan fingerprint density at radius 1 is 1.26 bits per heavy atom. The fourth-order valence-electron chi connectivity index (χ4n) is 4.16. The van der Waals surface area contributed by atoms with E-state index in [0.29, 0.717) is 54.7 Å². The van der Waals surface area contributed by atoms with Crippen LogP contribution in [0.4, 0.5) is 0 Å². The van der Waals surface area contributed by atoms with Gasteiger partial charge in [-0.3, -0.25) is 9.59 Å². The molecular weight excluding hydrogens is 442 g/mol. The first-order valence-corrected chi connectivity index (χ1v) is 10.9. The highest BCUT2D eigenvalue weighted by atomic mass is 16.6. The molecule has 2 N–H and O–H groups in total. The zero-order chi connectivity index (χ0) is 24.2. The molecule has 1 aromatic carbocycles. The highest BCUT2D eigenvalue weighted by molar-refractivity contribution is 5.72. The fourth-order valence-corrected chi connectivity index (χ4v) is 4.16. The number of imidazole rings is 1. The van der Waals surface area contributed by atoms with Crippen LogP contribution in [0, 0.1) is 6.92 Å². The molecule has 4 rings (SSSR count). The second kappa shape index (κ2) is 9.90. The molecule has 1 aliphatic rings. The standard InChI is InChI=1S/C24H27N3O7/c1-14-8-18(28)22(24(30)27(14)5-4-16-12-25-13-26-16)17(11-21(29)32-3)15-9-19(31-2)23-20(10-15)33-6-7-34-23/h8-10,12-13,17,28H,4-7,11H2,1-3H3,(H,25,26). The monoisotopic (exact) mass is 469 g/mol. The summed E-state index contributed by atoms with van der Waals surface area (Å²) in [6.07, 6.45) is 3.66. The molecule has 0 aliphatic carbocycles. The quantitative estimate of drug-likeness (QED) is 0.482. The van der Waals surface area contributed by atoms with Gasteiger partial charge in [-0.1, -0.05) is 0 Å². The summed E-state index contributed by atoms with van der Waals surface area (Å²) in [6, 6.07) is 4.93. The van der Waals surface area contributed by atoms with Gasteiger partial charge in [-0.2, -0.15) is 0 Å². The van der Waals surface area contributed by atoms with Crippen LogP contribution in [0.5, 0.6) is 23.0 Å². The van der Waals surface area contributed by atoms with Gasteiger partial charge in [0.2, 0.25) is 5.75 Å². The molecule has 1 unspecified atom stereocenters. The molecule has 10 heteroatoms. The van der Waals surface area contributed by atoms with Crippen LogP contribution in [0.15, 0.2) is 35.5 Å². The van der Waals surface area contributed by atoms with Gasteiger partial charge in [0.05, 0.1) is 32.5 Å². The molecule has 2 aromatic heterocycles. The molecule has 1 atom stereocenters. The first kappa shape index (κ1) is 23.2. The third-order valence-corrected chi connectivity index (χ3v) is 5.88. The van der Waals surface area contributed by atoms with Crippen molar-refractivity contribution in [1.82, 2.24) is 14.5 Å². The minimum atomic E-state index is -0.802. The molecule has 0 fully saturated rings. The first-order valence-electron chi connectivity index (χ1n) is 10.9. The Balaban J connectivity index is 1.82. The van der Waals surface area contributed by atoms with E-state index >= 15 is 0 Å². The number of methoxy groups -OCH3 is 2. The lowest BCUT2D eigenvalue weighted by Gasteiger charge is -2.25.